The Morgan fingerprint density at radius 3 is 2.40 bits per heavy atom. The van der Waals surface area contributed by atoms with Crippen LogP contribution < -0.4 is 20.5 Å². The minimum absolute atomic E-state index is 0.0157. The number of rotatable bonds is 8. The first-order valence-electron chi connectivity index (χ1n) is 12.9. The summed E-state index contributed by atoms with van der Waals surface area (Å²) >= 11 is 0. The SMILES string of the molecule is COc1c(N2CCN(C/C(C)=N/NC(=O)c3ccc(F)cc3)CC2)c(F)cc2c(=O)c(C(=O)O)cn(C3CC3)c12. The summed E-state index contributed by atoms with van der Waals surface area (Å²) in [6.45, 7) is 4.35. The van der Waals surface area contributed by atoms with Crippen LogP contribution >= 0.6 is 0 Å². The molecule has 12 heteroatoms. The van der Waals surface area contributed by atoms with Gasteiger partial charge >= 0.3 is 5.97 Å². The van der Waals surface area contributed by atoms with Crippen molar-refractivity contribution in [2.75, 3.05) is 44.7 Å². The monoisotopic (exact) mass is 553 g/mol. The summed E-state index contributed by atoms with van der Waals surface area (Å²) in [7, 11) is 1.42. The number of methoxy groups -OCH3 is 1. The molecule has 2 N–H and O–H groups in total. The van der Waals surface area contributed by atoms with Gasteiger partial charge in [-0.25, -0.2) is 19.0 Å². The first-order chi connectivity index (χ1) is 19.2. The molecule has 2 fully saturated rings. The number of carbonyl (C=O) groups is 2. The molecule has 1 aromatic heterocycles. The Morgan fingerprint density at radius 2 is 1.80 bits per heavy atom. The molecule has 0 atom stereocenters. The van der Waals surface area contributed by atoms with E-state index in [4.69, 9.17) is 4.74 Å². The van der Waals surface area contributed by atoms with Crippen molar-refractivity contribution in [2.24, 2.45) is 5.10 Å². The van der Waals surface area contributed by atoms with E-state index in [1.54, 1.807) is 11.5 Å². The number of fused-ring (bicyclic) bond motifs is 1. The number of piperazine rings is 1. The lowest BCUT2D eigenvalue weighted by Crippen LogP contribution is -2.48. The zero-order chi connectivity index (χ0) is 28.6. The minimum atomic E-state index is -1.35. The Bertz CT molecular complexity index is 1560. The van der Waals surface area contributed by atoms with E-state index in [0.717, 1.165) is 18.9 Å². The Kier molecular flexibility index (Phi) is 7.53. The molecule has 210 valence electrons. The lowest BCUT2D eigenvalue weighted by atomic mass is 10.1. The van der Waals surface area contributed by atoms with Crippen molar-refractivity contribution in [2.45, 2.75) is 25.8 Å². The number of carboxylic acids is 1. The molecule has 1 amide bonds. The minimum Gasteiger partial charge on any atom is -0.492 e. The molecule has 5 rings (SSSR count). The van der Waals surface area contributed by atoms with E-state index < -0.39 is 34.5 Å². The van der Waals surface area contributed by atoms with Crippen molar-refractivity contribution in [1.82, 2.24) is 14.9 Å². The summed E-state index contributed by atoms with van der Waals surface area (Å²) < 4.78 is 36.0. The standard InChI is InChI=1S/C28H29F2N5O5/c1-16(31-32-27(37)17-3-5-18(29)6-4-17)14-33-9-11-34(12-10-33)24-22(30)13-20-23(26(24)40-2)35(19-7-8-19)15-21(25(20)36)28(38)39/h3-6,13,15,19H,7-12,14H2,1-2H3,(H,32,37)(H,38,39)/b31-16+. The van der Waals surface area contributed by atoms with E-state index in [1.165, 1.54) is 37.6 Å². The second-order valence-corrected chi connectivity index (χ2v) is 10.0. The molecule has 0 radical (unpaired) electrons. The number of pyridine rings is 1. The van der Waals surface area contributed by atoms with E-state index >= 15 is 4.39 Å². The van der Waals surface area contributed by atoms with Crippen LogP contribution in [0.15, 0.2) is 46.4 Å². The Hall–Kier alpha value is -4.32. The molecule has 2 heterocycles. The molecule has 0 spiro atoms. The molecule has 1 saturated heterocycles. The molecule has 0 bridgehead atoms. The quantitative estimate of drug-likeness (QED) is 0.325. The van der Waals surface area contributed by atoms with E-state index in [-0.39, 0.29) is 22.9 Å². The molecule has 2 aromatic carbocycles. The highest BCUT2D eigenvalue weighted by atomic mass is 19.1. The number of aromatic nitrogens is 1. The Morgan fingerprint density at radius 1 is 1.12 bits per heavy atom. The van der Waals surface area contributed by atoms with Crippen molar-refractivity contribution in [1.29, 1.82) is 0 Å². The number of hydrogen-bond acceptors (Lipinski definition) is 7. The number of hydrazone groups is 1. The zero-order valence-electron chi connectivity index (χ0n) is 22.1. The number of nitrogens with zero attached hydrogens (tertiary/aromatic N) is 4. The second kappa shape index (κ2) is 11.0. The summed E-state index contributed by atoms with van der Waals surface area (Å²) in [5.74, 6) is -2.66. The largest absolute Gasteiger partial charge is 0.492 e. The maximum atomic E-state index is 15.5. The number of ether oxygens (including phenoxy) is 1. The summed E-state index contributed by atoms with van der Waals surface area (Å²) in [6.07, 6.45) is 3.00. The Labute approximate surface area is 228 Å². The molecule has 1 aliphatic carbocycles. The molecule has 0 unspecified atom stereocenters. The van der Waals surface area contributed by atoms with Gasteiger partial charge in [-0.2, -0.15) is 5.10 Å². The van der Waals surface area contributed by atoms with Crippen LogP contribution in [0.5, 0.6) is 5.75 Å². The maximum Gasteiger partial charge on any atom is 0.341 e. The van der Waals surface area contributed by atoms with Crippen LogP contribution in [0.2, 0.25) is 0 Å². The van der Waals surface area contributed by atoms with Gasteiger partial charge in [-0.05, 0) is 50.1 Å². The van der Waals surface area contributed by atoms with Crippen LogP contribution in [0.3, 0.4) is 0 Å². The average Bonchev–Trinajstić information content (AvgIpc) is 3.78. The number of nitrogens with one attached hydrogen (secondary N) is 1. The van der Waals surface area contributed by atoms with Crippen molar-refractivity contribution >= 4 is 34.2 Å². The van der Waals surface area contributed by atoms with Gasteiger partial charge in [-0.15, -0.1) is 0 Å². The number of carbonyl (C=O) groups excluding carboxylic acids is 1. The van der Waals surface area contributed by atoms with Crippen LogP contribution in [0.25, 0.3) is 10.9 Å². The first kappa shape index (κ1) is 27.3. The van der Waals surface area contributed by atoms with E-state index in [1.807, 2.05) is 4.90 Å². The van der Waals surface area contributed by atoms with Gasteiger partial charge < -0.3 is 19.3 Å². The van der Waals surface area contributed by atoms with Gasteiger partial charge in [-0.3, -0.25) is 14.5 Å². The topological polar surface area (TPSA) is 116 Å². The first-order valence-corrected chi connectivity index (χ1v) is 12.9. The molecule has 1 saturated carbocycles. The number of anilines is 1. The van der Waals surface area contributed by atoms with Gasteiger partial charge in [0.05, 0.1) is 18.0 Å². The smallest absolute Gasteiger partial charge is 0.341 e. The highest BCUT2D eigenvalue weighted by Gasteiger charge is 2.32. The van der Waals surface area contributed by atoms with Crippen LogP contribution in [-0.4, -0.2) is 72.0 Å². The summed E-state index contributed by atoms with van der Waals surface area (Å²) in [5, 5.41) is 13.7. The van der Waals surface area contributed by atoms with Gasteiger partial charge in [-0.1, -0.05) is 0 Å². The van der Waals surface area contributed by atoms with E-state index in [2.05, 4.69) is 15.4 Å². The predicted octanol–water partition coefficient (Wildman–Crippen LogP) is 3.25. The second-order valence-electron chi connectivity index (χ2n) is 10.0. The van der Waals surface area contributed by atoms with Gasteiger partial charge in [0.1, 0.15) is 17.1 Å². The lowest BCUT2D eigenvalue weighted by molar-refractivity contribution is 0.0694. The molecule has 40 heavy (non-hydrogen) atoms. The zero-order valence-corrected chi connectivity index (χ0v) is 22.1. The van der Waals surface area contributed by atoms with Gasteiger partial charge in [0.2, 0.25) is 5.43 Å². The molecular weight excluding hydrogens is 524 g/mol. The van der Waals surface area contributed by atoms with Crippen molar-refractivity contribution in [3.05, 3.63) is 69.5 Å². The molecular formula is C28H29F2N5O5. The number of amides is 1. The highest BCUT2D eigenvalue weighted by molar-refractivity contribution is 5.97. The normalized spacial score (nSPS) is 16.3. The summed E-state index contributed by atoms with van der Waals surface area (Å²) in [5.41, 5.74) is 2.94. The summed E-state index contributed by atoms with van der Waals surface area (Å²) in [4.78, 5) is 40.8. The molecule has 10 nitrogen and oxygen atoms in total. The van der Waals surface area contributed by atoms with Gasteiger partial charge in [0, 0.05) is 56.2 Å². The average molecular weight is 554 g/mol. The lowest BCUT2D eigenvalue weighted by Gasteiger charge is -2.37. The third-order valence-corrected chi connectivity index (χ3v) is 7.17. The molecule has 1 aliphatic heterocycles. The maximum absolute atomic E-state index is 15.5. The third kappa shape index (κ3) is 5.39. The van der Waals surface area contributed by atoms with Gasteiger partial charge in [0.15, 0.2) is 11.6 Å². The third-order valence-electron chi connectivity index (χ3n) is 7.17. The van der Waals surface area contributed by atoms with Crippen molar-refractivity contribution in [3.63, 3.8) is 0 Å². The van der Waals surface area contributed by atoms with Crippen LogP contribution in [-0.2, 0) is 0 Å². The number of hydrogen-bond donors (Lipinski definition) is 2. The fourth-order valence-corrected chi connectivity index (χ4v) is 5.02. The molecule has 3 aromatic rings. The van der Waals surface area contributed by atoms with Crippen LogP contribution in [0, 0.1) is 11.6 Å². The van der Waals surface area contributed by atoms with Crippen LogP contribution in [0.4, 0.5) is 14.5 Å². The number of halogens is 2. The Balaban J connectivity index is 1.32. The van der Waals surface area contributed by atoms with Crippen molar-refractivity contribution in [3.8, 4) is 5.75 Å². The summed E-state index contributed by atoms with van der Waals surface area (Å²) in [6, 6.07) is 6.31. The molecule has 2 aliphatic rings. The fourth-order valence-electron chi connectivity index (χ4n) is 5.02. The van der Waals surface area contributed by atoms with Crippen LogP contribution in [0.1, 0.15) is 46.5 Å². The highest BCUT2D eigenvalue weighted by Crippen LogP contribution is 2.43. The number of carboxylic acid groups (broad SMARTS) is 1. The number of benzene rings is 2. The van der Waals surface area contributed by atoms with E-state index in [9.17, 15) is 23.9 Å². The van der Waals surface area contributed by atoms with Crippen molar-refractivity contribution < 1.29 is 28.2 Å². The number of aromatic carboxylic acids is 1. The van der Waals surface area contributed by atoms with E-state index in [0.29, 0.717) is 49.5 Å². The predicted molar refractivity (Wildman–Crippen MR) is 146 cm³/mol. The fraction of sp³-hybridized carbons (Fsp3) is 0.357. The van der Waals surface area contributed by atoms with Gasteiger partial charge in [0.25, 0.3) is 5.91 Å².